The van der Waals surface area contributed by atoms with Crippen molar-refractivity contribution < 1.29 is 23.0 Å². The maximum absolute atomic E-state index is 14.4. The van der Waals surface area contributed by atoms with Crippen LogP contribution in [0.25, 0.3) is 11.1 Å². The molecule has 1 fully saturated rings. The van der Waals surface area contributed by atoms with Crippen LogP contribution in [0.1, 0.15) is 24.8 Å². The van der Waals surface area contributed by atoms with E-state index in [1.165, 1.54) is 16.9 Å². The van der Waals surface area contributed by atoms with E-state index >= 15 is 0 Å². The van der Waals surface area contributed by atoms with Gasteiger partial charge in [0.25, 0.3) is 0 Å². The molecular weight excluding hydrogens is 537 g/mol. The third-order valence-corrected chi connectivity index (χ3v) is 7.76. The zero-order valence-electron chi connectivity index (χ0n) is 24.2. The van der Waals surface area contributed by atoms with Gasteiger partial charge in [-0.2, -0.15) is 18.3 Å². The van der Waals surface area contributed by atoms with Crippen LogP contribution in [-0.4, -0.2) is 98.9 Å². The number of rotatable bonds is 6. The predicted octanol–water partition coefficient (Wildman–Crippen LogP) is 2.85. The fraction of sp³-hybridized carbons (Fsp3) is 0.571. The highest BCUT2D eigenvalue weighted by atomic mass is 19.4. The molecule has 1 aromatic carbocycles. The van der Waals surface area contributed by atoms with E-state index in [0.29, 0.717) is 56.5 Å². The van der Waals surface area contributed by atoms with Crippen LogP contribution in [0.2, 0.25) is 0 Å². The molecule has 5 rings (SSSR count). The Morgan fingerprint density at radius 3 is 2.49 bits per heavy atom. The first-order valence-electron chi connectivity index (χ1n) is 13.9. The van der Waals surface area contributed by atoms with E-state index in [2.05, 4.69) is 20.6 Å². The topological polar surface area (TPSA) is 105 Å². The van der Waals surface area contributed by atoms with Crippen LogP contribution in [0.5, 0.6) is 0 Å². The van der Waals surface area contributed by atoms with Crippen molar-refractivity contribution in [1.82, 2.24) is 25.3 Å². The van der Waals surface area contributed by atoms with Gasteiger partial charge in [-0.15, -0.1) is 0 Å². The van der Waals surface area contributed by atoms with Gasteiger partial charge < -0.3 is 30.3 Å². The molecular formula is C28H41F3N8O2. The maximum Gasteiger partial charge on any atom is 0.417 e. The quantitative estimate of drug-likeness (QED) is 0.307. The molecule has 0 bridgehead atoms. The SMILES string of the molecule is CNCN1CCC(NC2CCOCC2)=C(C(=N)N2CCN(C)c3cc(-c4cnn(C)c4)c(C(F)(F)F)cc32)C1.CO. The lowest BCUT2D eigenvalue weighted by atomic mass is 9.96. The summed E-state index contributed by atoms with van der Waals surface area (Å²) < 4.78 is 50.2. The van der Waals surface area contributed by atoms with Crippen molar-refractivity contribution in [3.05, 3.63) is 41.4 Å². The molecule has 4 heterocycles. The van der Waals surface area contributed by atoms with Crippen LogP contribution in [0, 0.1) is 5.41 Å². The molecule has 13 heteroatoms. The average Bonchev–Trinajstić information content (AvgIpc) is 3.40. The van der Waals surface area contributed by atoms with E-state index in [1.54, 1.807) is 24.2 Å². The molecule has 2 aromatic rings. The number of anilines is 2. The van der Waals surface area contributed by atoms with Crippen LogP contribution < -0.4 is 20.4 Å². The number of hydrogen-bond donors (Lipinski definition) is 4. The summed E-state index contributed by atoms with van der Waals surface area (Å²) in [7, 11) is 6.46. The summed E-state index contributed by atoms with van der Waals surface area (Å²) in [6, 6.07) is 3.08. The summed E-state index contributed by atoms with van der Waals surface area (Å²) in [5, 5.41) is 27.3. The first kappa shape index (κ1) is 30.8. The lowest BCUT2D eigenvalue weighted by Gasteiger charge is -2.41. The Bertz CT molecular complexity index is 1240. The number of hydrogen-bond acceptors (Lipinski definition) is 8. The van der Waals surface area contributed by atoms with Crippen molar-refractivity contribution >= 4 is 17.2 Å². The third kappa shape index (κ3) is 6.85. The van der Waals surface area contributed by atoms with Gasteiger partial charge >= 0.3 is 6.18 Å². The van der Waals surface area contributed by atoms with Crippen molar-refractivity contribution in [3.8, 4) is 11.1 Å². The molecule has 3 aliphatic heterocycles. The maximum atomic E-state index is 14.4. The van der Waals surface area contributed by atoms with Gasteiger partial charge in [-0.05, 0) is 37.6 Å². The Morgan fingerprint density at radius 1 is 1.12 bits per heavy atom. The summed E-state index contributed by atoms with van der Waals surface area (Å²) in [5.74, 6) is 0.252. The predicted molar refractivity (Wildman–Crippen MR) is 154 cm³/mol. The van der Waals surface area contributed by atoms with Gasteiger partial charge in [-0.1, -0.05) is 0 Å². The number of likely N-dealkylation sites (N-methyl/N-ethyl adjacent to an activating group) is 1. The van der Waals surface area contributed by atoms with Gasteiger partial charge in [0.2, 0.25) is 0 Å². The summed E-state index contributed by atoms with van der Waals surface area (Å²) in [4.78, 5) is 5.94. The number of halogens is 3. The highest BCUT2D eigenvalue weighted by molar-refractivity contribution is 6.11. The third-order valence-electron chi connectivity index (χ3n) is 7.76. The molecule has 0 saturated carbocycles. The minimum atomic E-state index is -4.56. The van der Waals surface area contributed by atoms with Crippen molar-refractivity contribution in [2.75, 3.05) is 77.1 Å². The van der Waals surface area contributed by atoms with Crippen LogP contribution in [0.15, 0.2) is 35.8 Å². The minimum absolute atomic E-state index is 0.0912. The largest absolute Gasteiger partial charge is 0.417 e. The van der Waals surface area contributed by atoms with Gasteiger partial charge in [0.05, 0.1) is 23.1 Å². The summed E-state index contributed by atoms with van der Waals surface area (Å²) in [5.41, 5.74) is 2.70. The number of ether oxygens (including phenoxy) is 1. The van der Waals surface area contributed by atoms with Gasteiger partial charge in [-0.25, -0.2) is 0 Å². The Balaban J connectivity index is 0.00000189. The number of alkyl halides is 3. The first-order chi connectivity index (χ1) is 19.7. The van der Waals surface area contributed by atoms with E-state index < -0.39 is 11.7 Å². The normalized spacial score (nSPS) is 18.6. The fourth-order valence-electron chi connectivity index (χ4n) is 5.66. The Kier molecular flexibility index (Phi) is 9.95. The highest BCUT2D eigenvalue weighted by Crippen LogP contribution is 2.45. The molecule has 0 aliphatic carbocycles. The monoisotopic (exact) mass is 578 g/mol. The number of aliphatic hydroxyl groups is 1. The van der Waals surface area contributed by atoms with Gasteiger partial charge in [0, 0.05) is 103 Å². The zero-order chi connectivity index (χ0) is 29.7. The molecule has 226 valence electrons. The number of nitrogens with one attached hydrogen (secondary N) is 3. The molecule has 10 nitrogen and oxygen atoms in total. The molecule has 41 heavy (non-hydrogen) atoms. The molecule has 0 amide bonds. The van der Waals surface area contributed by atoms with Crippen LogP contribution in [0.4, 0.5) is 24.5 Å². The van der Waals surface area contributed by atoms with Gasteiger partial charge in [0.15, 0.2) is 0 Å². The highest BCUT2D eigenvalue weighted by Gasteiger charge is 2.38. The lowest BCUT2D eigenvalue weighted by molar-refractivity contribution is -0.137. The van der Waals surface area contributed by atoms with Crippen LogP contribution in [-0.2, 0) is 18.0 Å². The Labute approximate surface area is 239 Å². The van der Waals surface area contributed by atoms with E-state index in [1.807, 2.05) is 19.0 Å². The molecule has 0 radical (unpaired) electrons. The number of nitrogens with zero attached hydrogens (tertiary/aromatic N) is 5. The van der Waals surface area contributed by atoms with E-state index in [-0.39, 0.29) is 17.4 Å². The number of aryl methyl sites for hydroxylation is 1. The van der Waals surface area contributed by atoms with Crippen molar-refractivity contribution in [2.45, 2.75) is 31.5 Å². The molecule has 0 spiro atoms. The van der Waals surface area contributed by atoms with Crippen LogP contribution >= 0.6 is 0 Å². The number of aromatic nitrogens is 2. The van der Waals surface area contributed by atoms with E-state index in [0.717, 1.165) is 44.2 Å². The Hall–Kier alpha value is -3.13. The molecule has 4 N–H and O–H groups in total. The van der Waals surface area contributed by atoms with E-state index in [4.69, 9.17) is 9.84 Å². The fourth-order valence-corrected chi connectivity index (χ4v) is 5.66. The summed E-state index contributed by atoms with van der Waals surface area (Å²) in [6.07, 6.45) is 1.04. The second-order valence-electron chi connectivity index (χ2n) is 10.5. The number of aliphatic hydroxyl groups excluding tert-OH is 1. The number of fused-ring (bicyclic) bond motifs is 1. The van der Waals surface area contributed by atoms with E-state index in [9.17, 15) is 18.6 Å². The standard InChI is InChI=1S/C27H37F3N8O.CH4O/c1-32-17-37-7-4-23(34-19-5-10-39-11-6-19)21(16-37)26(31)38-9-8-35(2)24-12-20(18-14-33-36(3)15-18)22(13-25(24)38)27(28,29)30;1-2/h12-15,19,31-32,34H,4-11,16-17H2,1-3H3;2H,1H3. The molecule has 0 atom stereocenters. The number of benzene rings is 1. The smallest absolute Gasteiger partial charge is 0.400 e. The van der Waals surface area contributed by atoms with Gasteiger partial charge in [-0.3, -0.25) is 15.0 Å². The minimum Gasteiger partial charge on any atom is -0.400 e. The second-order valence-corrected chi connectivity index (χ2v) is 10.5. The molecule has 0 unspecified atom stereocenters. The summed E-state index contributed by atoms with van der Waals surface area (Å²) in [6.45, 7) is 4.48. The van der Waals surface area contributed by atoms with Crippen molar-refractivity contribution in [1.29, 1.82) is 5.41 Å². The van der Waals surface area contributed by atoms with Crippen LogP contribution in [0.3, 0.4) is 0 Å². The average molecular weight is 579 g/mol. The summed E-state index contributed by atoms with van der Waals surface area (Å²) >= 11 is 0. The zero-order valence-corrected chi connectivity index (χ0v) is 24.2. The van der Waals surface area contributed by atoms with Crippen molar-refractivity contribution in [3.63, 3.8) is 0 Å². The number of amidine groups is 1. The second kappa shape index (κ2) is 13.2. The Morgan fingerprint density at radius 2 is 1.85 bits per heavy atom. The lowest BCUT2D eigenvalue weighted by Crippen LogP contribution is -2.48. The van der Waals surface area contributed by atoms with Gasteiger partial charge in [0.1, 0.15) is 5.84 Å². The first-order valence-corrected chi connectivity index (χ1v) is 13.9. The molecule has 3 aliphatic rings. The van der Waals surface area contributed by atoms with Crippen molar-refractivity contribution in [2.24, 2.45) is 7.05 Å². The molecule has 1 saturated heterocycles. The molecule has 1 aromatic heterocycles.